The average Bonchev–Trinajstić information content (AvgIpc) is 2.16. The normalized spacial score (nSPS) is 37.9. The Morgan fingerprint density at radius 3 is 2.25 bits per heavy atom. The van der Waals surface area contributed by atoms with Crippen LogP contribution in [0.5, 0.6) is 0 Å². The van der Waals surface area contributed by atoms with Crippen molar-refractivity contribution in [3.63, 3.8) is 0 Å². The zero-order valence-electron chi connectivity index (χ0n) is 10.0. The Kier molecular flexibility index (Phi) is 2.62. The molecule has 16 heavy (non-hydrogen) atoms. The summed E-state index contributed by atoms with van der Waals surface area (Å²) >= 11 is 0. The molecule has 2 heterocycles. The lowest BCUT2D eigenvalue weighted by molar-refractivity contribution is -0.122. The van der Waals surface area contributed by atoms with Crippen LogP contribution in [0.3, 0.4) is 0 Å². The van der Waals surface area contributed by atoms with Crippen LogP contribution in [-0.4, -0.2) is 46.9 Å². The number of carbonyl (C=O) groups excluding carboxylic acids is 1. The van der Waals surface area contributed by atoms with Crippen molar-refractivity contribution in [3.8, 4) is 0 Å². The van der Waals surface area contributed by atoms with Crippen LogP contribution in [0.2, 0.25) is 0 Å². The van der Waals surface area contributed by atoms with E-state index in [0.29, 0.717) is 13.1 Å². The average molecular weight is 228 g/mol. The Labute approximate surface area is 95.5 Å². The highest BCUT2D eigenvalue weighted by molar-refractivity contribution is 5.68. The maximum atomic E-state index is 11.8. The third kappa shape index (κ3) is 1.89. The van der Waals surface area contributed by atoms with Crippen LogP contribution in [-0.2, 0) is 4.74 Å². The van der Waals surface area contributed by atoms with Crippen molar-refractivity contribution in [1.29, 1.82) is 0 Å². The summed E-state index contributed by atoms with van der Waals surface area (Å²) < 4.78 is 5.28. The van der Waals surface area contributed by atoms with Gasteiger partial charge in [-0.1, -0.05) is 0 Å². The van der Waals surface area contributed by atoms with Gasteiger partial charge in [0.15, 0.2) is 0 Å². The maximum Gasteiger partial charge on any atom is 0.410 e. The fraction of sp³-hybridized carbons (Fsp3) is 0.909. The van der Waals surface area contributed by atoms with Crippen LogP contribution in [0.15, 0.2) is 0 Å². The molecule has 1 amide bonds. The molecule has 0 radical (unpaired) electrons. The van der Waals surface area contributed by atoms with Gasteiger partial charge >= 0.3 is 6.09 Å². The monoisotopic (exact) mass is 228 g/mol. The first-order valence-corrected chi connectivity index (χ1v) is 5.71. The number of nitrogens with two attached hydrogens (primary N) is 1. The van der Waals surface area contributed by atoms with E-state index in [0.717, 1.165) is 0 Å². The van der Waals surface area contributed by atoms with Gasteiger partial charge in [0, 0.05) is 31.0 Å². The van der Waals surface area contributed by atoms with Crippen molar-refractivity contribution in [1.82, 2.24) is 4.90 Å². The lowest BCUT2D eigenvalue weighted by Crippen LogP contribution is -2.71. The second-order valence-electron chi connectivity index (χ2n) is 5.78. The van der Waals surface area contributed by atoms with Gasteiger partial charge in [0.2, 0.25) is 0 Å². The largest absolute Gasteiger partial charge is 0.444 e. The van der Waals surface area contributed by atoms with Gasteiger partial charge in [0.25, 0.3) is 0 Å². The van der Waals surface area contributed by atoms with Crippen LogP contribution in [0.4, 0.5) is 4.79 Å². The zero-order chi connectivity index (χ0) is 12.1. The Balaban J connectivity index is 1.92. The van der Waals surface area contributed by atoms with E-state index in [9.17, 15) is 9.90 Å². The molecule has 0 aromatic heterocycles. The summed E-state index contributed by atoms with van der Waals surface area (Å²) in [5.74, 6) is 0.0394. The second-order valence-corrected chi connectivity index (χ2v) is 5.78. The molecule has 3 fully saturated rings. The molecule has 2 aliphatic heterocycles. The molecule has 0 aromatic rings. The summed E-state index contributed by atoms with van der Waals surface area (Å²) in [6.45, 7) is 6.55. The lowest BCUT2D eigenvalue weighted by Gasteiger charge is -2.55. The Hall–Kier alpha value is -0.810. The zero-order valence-corrected chi connectivity index (χ0v) is 10.0. The highest BCUT2D eigenvalue weighted by Gasteiger charge is 2.53. The molecular weight excluding hydrogens is 208 g/mol. The number of piperidine rings is 2. The Bertz CT molecular complexity index is 276. The first-order chi connectivity index (χ1) is 7.29. The first-order valence-electron chi connectivity index (χ1n) is 5.71. The topological polar surface area (TPSA) is 75.8 Å². The molecule has 1 aliphatic carbocycles. The first kappa shape index (κ1) is 11.7. The standard InChI is InChI=1S/C11H20N2O3/c1-11(2,3)16-10(15)13-4-6-8(12)7(5-13)9(6)14/h6-9,14H,4-5,12H2,1-3H3. The SMILES string of the molecule is CC(C)(C)OC(=O)N1CC2C(N)C(C1)C2O. The summed E-state index contributed by atoms with van der Waals surface area (Å²) in [6, 6.07) is 0.0358. The van der Waals surface area contributed by atoms with Gasteiger partial charge in [-0.25, -0.2) is 4.79 Å². The van der Waals surface area contributed by atoms with Gasteiger partial charge in [-0.2, -0.15) is 0 Å². The van der Waals surface area contributed by atoms with Gasteiger partial charge < -0.3 is 20.5 Å². The fourth-order valence-corrected chi connectivity index (χ4v) is 2.46. The van der Waals surface area contributed by atoms with E-state index < -0.39 is 5.60 Å². The van der Waals surface area contributed by atoms with E-state index >= 15 is 0 Å². The van der Waals surface area contributed by atoms with Gasteiger partial charge in [-0.3, -0.25) is 0 Å². The molecular formula is C11H20N2O3. The minimum absolute atomic E-state index is 0.0197. The predicted molar refractivity (Wildman–Crippen MR) is 58.8 cm³/mol. The van der Waals surface area contributed by atoms with E-state index in [1.54, 1.807) is 4.90 Å². The van der Waals surface area contributed by atoms with E-state index in [1.807, 2.05) is 20.8 Å². The minimum Gasteiger partial charge on any atom is -0.444 e. The van der Waals surface area contributed by atoms with Crippen molar-refractivity contribution in [3.05, 3.63) is 0 Å². The molecule has 3 rings (SSSR count). The molecule has 92 valence electrons. The number of nitrogens with zero attached hydrogens (tertiary/aromatic N) is 1. The maximum absolute atomic E-state index is 11.8. The smallest absolute Gasteiger partial charge is 0.410 e. The lowest BCUT2D eigenvalue weighted by atomic mass is 9.64. The van der Waals surface area contributed by atoms with E-state index in [4.69, 9.17) is 10.5 Å². The van der Waals surface area contributed by atoms with Gasteiger partial charge in [0.05, 0.1) is 6.10 Å². The number of ether oxygens (including phenoxy) is 1. The summed E-state index contributed by atoms with van der Waals surface area (Å²) in [4.78, 5) is 13.4. The number of carbonyl (C=O) groups is 1. The number of fused-ring (bicyclic) bond motifs is 2. The van der Waals surface area contributed by atoms with Crippen LogP contribution >= 0.6 is 0 Å². The molecule has 2 saturated heterocycles. The van der Waals surface area contributed by atoms with Crippen molar-refractivity contribution < 1.29 is 14.6 Å². The summed E-state index contributed by atoms with van der Waals surface area (Å²) in [6.07, 6.45) is -0.644. The van der Waals surface area contributed by atoms with Crippen LogP contribution in [0, 0.1) is 11.8 Å². The predicted octanol–water partition coefficient (Wildman–Crippen LogP) is 0.171. The molecule has 2 atom stereocenters. The number of amides is 1. The summed E-state index contributed by atoms with van der Waals surface area (Å²) in [5, 5.41) is 9.67. The third-order valence-corrected chi connectivity index (χ3v) is 3.38. The fourth-order valence-electron chi connectivity index (χ4n) is 2.46. The molecule has 2 bridgehead atoms. The number of aliphatic hydroxyl groups is 1. The second kappa shape index (κ2) is 3.60. The van der Waals surface area contributed by atoms with Gasteiger partial charge in [-0.05, 0) is 20.8 Å². The Morgan fingerprint density at radius 2 is 1.88 bits per heavy atom. The number of aliphatic hydroxyl groups excluding tert-OH is 1. The Morgan fingerprint density at radius 1 is 1.38 bits per heavy atom. The molecule has 5 nitrogen and oxygen atoms in total. The molecule has 0 spiro atoms. The molecule has 0 aromatic carbocycles. The molecule has 1 saturated carbocycles. The van der Waals surface area contributed by atoms with E-state index in [1.165, 1.54) is 0 Å². The summed E-state index contributed by atoms with van der Waals surface area (Å²) in [7, 11) is 0. The van der Waals surface area contributed by atoms with Crippen molar-refractivity contribution >= 4 is 6.09 Å². The highest BCUT2D eigenvalue weighted by atomic mass is 16.6. The van der Waals surface area contributed by atoms with Gasteiger partial charge in [0.1, 0.15) is 5.60 Å². The van der Waals surface area contributed by atoms with E-state index in [2.05, 4.69) is 0 Å². The third-order valence-electron chi connectivity index (χ3n) is 3.38. The van der Waals surface area contributed by atoms with Gasteiger partial charge in [-0.15, -0.1) is 0 Å². The number of hydrogen-bond donors (Lipinski definition) is 2. The molecule has 5 heteroatoms. The highest BCUT2D eigenvalue weighted by Crippen LogP contribution is 2.39. The molecule has 3 aliphatic rings. The number of hydrogen-bond acceptors (Lipinski definition) is 4. The van der Waals surface area contributed by atoms with Crippen molar-refractivity contribution in [2.75, 3.05) is 13.1 Å². The van der Waals surface area contributed by atoms with Crippen LogP contribution < -0.4 is 5.73 Å². The molecule has 3 N–H and O–H groups in total. The summed E-state index contributed by atoms with van der Waals surface area (Å²) in [5.41, 5.74) is 5.40. The van der Waals surface area contributed by atoms with Crippen molar-refractivity contribution in [2.45, 2.75) is 38.5 Å². The quantitative estimate of drug-likeness (QED) is 0.620. The van der Waals surface area contributed by atoms with Crippen molar-refractivity contribution in [2.24, 2.45) is 17.6 Å². The number of rotatable bonds is 0. The van der Waals surface area contributed by atoms with Crippen LogP contribution in [0.1, 0.15) is 20.8 Å². The van der Waals surface area contributed by atoms with Crippen LogP contribution in [0.25, 0.3) is 0 Å². The van der Waals surface area contributed by atoms with E-state index in [-0.39, 0.29) is 30.1 Å². The minimum atomic E-state index is -0.473. The molecule has 2 unspecified atom stereocenters.